The minimum absolute atomic E-state index is 0.00106. The summed E-state index contributed by atoms with van der Waals surface area (Å²) in [5.41, 5.74) is 5.78. The zero-order chi connectivity index (χ0) is 14.0. The van der Waals surface area contributed by atoms with E-state index in [1.807, 2.05) is 6.92 Å². The molecule has 1 saturated heterocycles. The highest BCUT2D eigenvalue weighted by molar-refractivity contribution is 5.27. The van der Waals surface area contributed by atoms with Crippen molar-refractivity contribution < 1.29 is 13.2 Å². The maximum absolute atomic E-state index is 12.7. The summed E-state index contributed by atoms with van der Waals surface area (Å²) in [7, 11) is 0. The number of likely N-dealkylation sites (tertiary alicyclic amines) is 1. The molecule has 1 fully saturated rings. The standard InChI is InChI=1S/C14H19F3N2/c1-10(19-6-5-11(8-18)9-19)12-3-2-4-13(7-12)14(15,16)17/h2-4,7,10-11H,5-6,8-9,18H2,1H3. The summed E-state index contributed by atoms with van der Waals surface area (Å²) in [5, 5.41) is 0. The van der Waals surface area contributed by atoms with Gasteiger partial charge < -0.3 is 5.73 Å². The second-order valence-electron chi connectivity index (χ2n) is 5.18. The maximum Gasteiger partial charge on any atom is 0.416 e. The van der Waals surface area contributed by atoms with E-state index in [1.165, 1.54) is 12.1 Å². The van der Waals surface area contributed by atoms with E-state index in [1.54, 1.807) is 6.07 Å². The Balaban J connectivity index is 2.13. The van der Waals surface area contributed by atoms with Crippen LogP contribution in [0.3, 0.4) is 0 Å². The summed E-state index contributed by atoms with van der Waals surface area (Å²) in [5.74, 6) is 0.466. The number of benzene rings is 1. The first-order valence-corrected chi connectivity index (χ1v) is 6.53. The lowest BCUT2D eigenvalue weighted by Gasteiger charge is -2.25. The van der Waals surface area contributed by atoms with Crippen molar-refractivity contribution in [1.82, 2.24) is 4.90 Å². The molecule has 1 heterocycles. The van der Waals surface area contributed by atoms with Crippen molar-refractivity contribution in [1.29, 1.82) is 0 Å². The molecule has 106 valence electrons. The Morgan fingerprint density at radius 2 is 2.16 bits per heavy atom. The molecule has 1 aliphatic heterocycles. The van der Waals surface area contributed by atoms with Crippen molar-refractivity contribution in [3.05, 3.63) is 35.4 Å². The molecule has 2 N–H and O–H groups in total. The number of rotatable bonds is 3. The fraction of sp³-hybridized carbons (Fsp3) is 0.571. The van der Waals surface area contributed by atoms with Gasteiger partial charge in [-0.05, 0) is 50.0 Å². The quantitative estimate of drug-likeness (QED) is 0.916. The van der Waals surface area contributed by atoms with Crippen LogP contribution in [-0.4, -0.2) is 24.5 Å². The van der Waals surface area contributed by atoms with Crippen molar-refractivity contribution in [3.63, 3.8) is 0 Å². The van der Waals surface area contributed by atoms with E-state index in [0.717, 1.165) is 25.6 Å². The molecule has 0 aromatic heterocycles. The SMILES string of the molecule is CC(c1cccc(C(F)(F)F)c1)N1CCC(CN)C1. The molecule has 0 saturated carbocycles. The Morgan fingerprint density at radius 3 is 2.74 bits per heavy atom. The molecule has 0 amide bonds. The van der Waals surface area contributed by atoms with Gasteiger partial charge in [-0.3, -0.25) is 4.90 Å². The van der Waals surface area contributed by atoms with Gasteiger partial charge in [0.05, 0.1) is 5.56 Å². The van der Waals surface area contributed by atoms with Crippen LogP contribution in [-0.2, 0) is 6.18 Å². The highest BCUT2D eigenvalue weighted by atomic mass is 19.4. The number of nitrogens with zero attached hydrogens (tertiary/aromatic N) is 1. The molecule has 1 aromatic carbocycles. The number of halogens is 3. The van der Waals surface area contributed by atoms with Crippen molar-refractivity contribution in [3.8, 4) is 0 Å². The van der Waals surface area contributed by atoms with Gasteiger partial charge in [0.2, 0.25) is 0 Å². The first-order chi connectivity index (χ1) is 8.91. The Morgan fingerprint density at radius 1 is 1.42 bits per heavy atom. The predicted octanol–water partition coefficient (Wildman–Crippen LogP) is 3.05. The van der Waals surface area contributed by atoms with E-state index < -0.39 is 11.7 Å². The molecular formula is C14H19F3N2. The Bertz CT molecular complexity index is 431. The number of hydrogen-bond donors (Lipinski definition) is 1. The summed E-state index contributed by atoms with van der Waals surface area (Å²) >= 11 is 0. The largest absolute Gasteiger partial charge is 0.416 e. The summed E-state index contributed by atoms with van der Waals surface area (Å²) in [6, 6.07) is 5.60. The van der Waals surface area contributed by atoms with Crippen LogP contribution >= 0.6 is 0 Å². The molecule has 1 aliphatic rings. The lowest BCUT2D eigenvalue weighted by atomic mass is 10.0. The fourth-order valence-corrected chi connectivity index (χ4v) is 2.59. The van der Waals surface area contributed by atoms with E-state index in [2.05, 4.69) is 4.90 Å². The summed E-state index contributed by atoms with van der Waals surface area (Å²) < 4.78 is 38.1. The minimum atomic E-state index is -4.28. The second-order valence-corrected chi connectivity index (χ2v) is 5.18. The molecule has 0 aliphatic carbocycles. The predicted molar refractivity (Wildman–Crippen MR) is 68.6 cm³/mol. The van der Waals surface area contributed by atoms with Gasteiger partial charge in [-0.1, -0.05) is 12.1 Å². The molecule has 0 bridgehead atoms. The van der Waals surface area contributed by atoms with Gasteiger partial charge in [-0.15, -0.1) is 0 Å². The molecule has 1 aromatic rings. The fourth-order valence-electron chi connectivity index (χ4n) is 2.59. The monoisotopic (exact) mass is 272 g/mol. The van der Waals surface area contributed by atoms with Crippen LogP contribution in [0.4, 0.5) is 13.2 Å². The van der Waals surface area contributed by atoms with Crippen LogP contribution in [0, 0.1) is 5.92 Å². The molecule has 2 rings (SSSR count). The van der Waals surface area contributed by atoms with Gasteiger partial charge in [0.15, 0.2) is 0 Å². The van der Waals surface area contributed by atoms with Gasteiger partial charge in [0.1, 0.15) is 0 Å². The molecule has 0 radical (unpaired) electrons. The van der Waals surface area contributed by atoms with Crippen LogP contribution in [0.1, 0.15) is 30.5 Å². The van der Waals surface area contributed by atoms with Gasteiger partial charge >= 0.3 is 6.18 Å². The maximum atomic E-state index is 12.7. The molecule has 2 atom stereocenters. The molecule has 2 unspecified atom stereocenters. The third-order valence-corrected chi connectivity index (χ3v) is 3.89. The normalized spacial score (nSPS) is 22.7. The first kappa shape index (κ1) is 14.3. The van der Waals surface area contributed by atoms with E-state index in [0.29, 0.717) is 18.0 Å². The van der Waals surface area contributed by atoms with Gasteiger partial charge in [0, 0.05) is 12.6 Å². The Hall–Kier alpha value is -1.07. The number of hydrogen-bond acceptors (Lipinski definition) is 2. The summed E-state index contributed by atoms with van der Waals surface area (Å²) in [6.07, 6.45) is -3.25. The average molecular weight is 272 g/mol. The molecule has 0 spiro atoms. The van der Waals surface area contributed by atoms with Gasteiger partial charge in [0.25, 0.3) is 0 Å². The lowest BCUT2D eigenvalue weighted by molar-refractivity contribution is -0.137. The highest BCUT2D eigenvalue weighted by Gasteiger charge is 2.32. The lowest BCUT2D eigenvalue weighted by Crippen LogP contribution is -2.26. The first-order valence-electron chi connectivity index (χ1n) is 6.53. The number of alkyl halides is 3. The van der Waals surface area contributed by atoms with Crippen LogP contribution in [0.2, 0.25) is 0 Å². The van der Waals surface area contributed by atoms with E-state index in [-0.39, 0.29) is 6.04 Å². The average Bonchev–Trinajstić information content (AvgIpc) is 2.86. The third-order valence-electron chi connectivity index (χ3n) is 3.89. The van der Waals surface area contributed by atoms with Crippen LogP contribution in [0.15, 0.2) is 24.3 Å². The zero-order valence-electron chi connectivity index (χ0n) is 11.0. The molecule has 5 heteroatoms. The van der Waals surface area contributed by atoms with Crippen LogP contribution in [0.25, 0.3) is 0 Å². The second kappa shape index (κ2) is 5.51. The minimum Gasteiger partial charge on any atom is -0.330 e. The molecule has 19 heavy (non-hydrogen) atoms. The van der Waals surface area contributed by atoms with Crippen LogP contribution < -0.4 is 5.73 Å². The highest BCUT2D eigenvalue weighted by Crippen LogP contribution is 2.33. The van der Waals surface area contributed by atoms with E-state index in [4.69, 9.17) is 5.73 Å². The summed E-state index contributed by atoms with van der Waals surface area (Å²) in [4.78, 5) is 2.20. The topological polar surface area (TPSA) is 29.3 Å². The van der Waals surface area contributed by atoms with Gasteiger partial charge in [-0.25, -0.2) is 0 Å². The zero-order valence-corrected chi connectivity index (χ0v) is 11.0. The molecule has 2 nitrogen and oxygen atoms in total. The van der Waals surface area contributed by atoms with E-state index in [9.17, 15) is 13.2 Å². The van der Waals surface area contributed by atoms with Crippen molar-refractivity contribution in [2.24, 2.45) is 11.7 Å². The van der Waals surface area contributed by atoms with Crippen molar-refractivity contribution in [2.45, 2.75) is 25.6 Å². The van der Waals surface area contributed by atoms with Crippen molar-refractivity contribution in [2.75, 3.05) is 19.6 Å². The third kappa shape index (κ3) is 3.28. The number of nitrogens with two attached hydrogens (primary N) is 1. The van der Waals surface area contributed by atoms with Gasteiger partial charge in [-0.2, -0.15) is 13.2 Å². The van der Waals surface area contributed by atoms with Crippen molar-refractivity contribution >= 4 is 0 Å². The smallest absolute Gasteiger partial charge is 0.330 e. The summed E-state index contributed by atoms with van der Waals surface area (Å²) in [6.45, 7) is 4.37. The Labute approximate surface area is 111 Å². The Kier molecular flexibility index (Phi) is 4.16. The van der Waals surface area contributed by atoms with E-state index >= 15 is 0 Å². The molecular weight excluding hydrogens is 253 g/mol. The van der Waals surface area contributed by atoms with Crippen LogP contribution in [0.5, 0.6) is 0 Å².